The van der Waals surface area contributed by atoms with E-state index in [-0.39, 0.29) is 17.9 Å². The molecular weight excluding hydrogens is 252 g/mol. The van der Waals surface area contributed by atoms with E-state index < -0.39 is 0 Å². The Morgan fingerprint density at radius 1 is 1.45 bits per heavy atom. The molecule has 2 unspecified atom stereocenters. The third kappa shape index (κ3) is 2.89. The molecule has 0 saturated carbocycles. The van der Waals surface area contributed by atoms with Crippen LogP contribution in [0.25, 0.3) is 0 Å². The summed E-state index contributed by atoms with van der Waals surface area (Å²) in [4.78, 5) is 13.1. The lowest BCUT2D eigenvalue weighted by Gasteiger charge is -2.35. The number of carbonyl (C=O) groups excluding carboxylic acids is 1. The minimum Gasteiger partial charge on any atom is -0.376 e. The molecule has 104 valence electrons. The molecule has 1 aliphatic heterocycles. The summed E-state index contributed by atoms with van der Waals surface area (Å²) >= 11 is 0. The first kappa shape index (κ1) is 14.3. The van der Waals surface area contributed by atoms with Gasteiger partial charge in [0.25, 0.3) is 0 Å². The van der Waals surface area contributed by atoms with E-state index in [0.717, 1.165) is 5.56 Å². The smallest absolute Gasteiger partial charge is 0.224 e. The van der Waals surface area contributed by atoms with Gasteiger partial charge in [0.1, 0.15) is 11.8 Å². The van der Waals surface area contributed by atoms with Crippen LogP contribution in [0.2, 0.25) is 0 Å². The predicted molar refractivity (Wildman–Crippen MR) is 75.7 cm³/mol. The van der Waals surface area contributed by atoms with Gasteiger partial charge in [-0.25, -0.2) is 0 Å². The maximum absolute atomic E-state index is 11.6. The molecule has 1 aliphatic rings. The van der Waals surface area contributed by atoms with Crippen molar-refractivity contribution < 1.29 is 9.53 Å². The van der Waals surface area contributed by atoms with Gasteiger partial charge in [0.2, 0.25) is 5.91 Å². The molecule has 0 radical (unpaired) electrons. The number of nitrogens with zero attached hydrogens (tertiary/aromatic N) is 2. The first-order valence-electron chi connectivity index (χ1n) is 6.74. The Kier molecular flexibility index (Phi) is 4.54. The average Bonchev–Trinajstić information content (AvgIpc) is 2.48. The molecule has 0 N–H and O–H groups in total. The number of carbonyl (C=O) groups is 1. The molecule has 0 saturated heterocycles. The number of ether oxygens (including phenoxy) is 1. The second-order valence-corrected chi connectivity index (χ2v) is 4.72. The zero-order valence-corrected chi connectivity index (χ0v) is 11.7. The first-order valence-corrected chi connectivity index (χ1v) is 6.74. The topological polar surface area (TPSA) is 53.3 Å². The van der Waals surface area contributed by atoms with Crippen LogP contribution in [-0.4, -0.2) is 30.1 Å². The highest BCUT2D eigenvalue weighted by Gasteiger charge is 2.32. The van der Waals surface area contributed by atoms with Crippen molar-refractivity contribution in [3.05, 3.63) is 47.7 Å². The van der Waals surface area contributed by atoms with Crippen molar-refractivity contribution in [1.29, 1.82) is 5.26 Å². The van der Waals surface area contributed by atoms with Crippen LogP contribution in [-0.2, 0) is 9.53 Å². The molecular formula is C16H18N2O2. The molecule has 4 heteroatoms. The van der Waals surface area contributed by atoms with Crippen molar-refractivity contribution >= 4 is 5.91 Å². The van der Waals surface area contributed by atoms with E-state index in [1.54, 1.807) is 0 Å². The summed E-state index contributed by atoms with van der Waals surface area (Å²) in [5.41, 5.74) is 1.50. The molecule has 1 amide bonds. The highest BCUT2D eigenvalue weighted by Crippen LogP contribution is 2.30. The zero-order chi connectivity index (χ0) is 14.5. The first-order chi connectivity index (χ1) is 9.67. The summed E-state index contributed by atoms with van der Waals surface area (Å²) in [5, 5.41) is 9.24. The number of hydrogen-bond acceptors (Lipinski definition) is 3. The lowest BCUT2D eigenvalue weighted by atomic mass is 9.89. The summed E-state index contributed by atoms with van der Waals surface area (Å²) in [7, 11) is 0. The Morgan fingerprint density at radius 3 is 2.70 bits per heavy atom. The highest BCUT2D eigenvalue weighted by atomic mass is 16.5. The molecule has 0 bridgehead atoms. The van der Waals surface area contributed by atoms with Crippen LogP contribution < -0.4 is 0 Å². The van der Waals surface area contributed by atoms with Crippen LogP contribution in [0.1, 0.15) is 25.3 Å². The summed E-state index contributed by atoms with van der Waals surface area (Å²) in [6.07, 6.45) is 1.71. The van der Waals surface area contributed by atoms with Crippen molar-refractivity contribution in [2.75, 3.05) is 13.2 Å². The summed E-state index contributed by atoms with van der Waals surface area (Å²) in [6, 6.07) is 12.0. The lowest BCUT2D eigenvalue weighted by Crippen LogP contribution is -2.42. The van der Waals surface area contributed by atoms with E-state index in [9.17, 15) is 10.1 Å². The molecule has 20 heavy (non-hydrogen) atoms. The largest absolute Gasteiger partial charge is 0.376 e. The van der Waals surface area contributed by atoms with Gasteiger partial charge in [-0.1, -0.05) is 30.3 Å². The van der Waals surface area contributed by atoms with Gasteiger partial charge in [-0.05, 0) is 18.6 Å². The SMILES string of the molecule is CCOC1CN(C(C)=O)C(C#N)=CC1c1ccccc1. The second-order valence-electron chi connectivity index (χ2n) is 4.72. The van der Waals surface area contributed by atoms with E-state index in [1.807, 2.05) is 43.3 Å². The van der Waals surface area contributed by atoms with Crippen molar-refractivity contribution in [1.82, 2.24) is 4.90 Å². The van der Waals surface area contributed by atoms with Crippen molar-refractivity contribution in [3.63, 3.8) is 0 Å². The fourth-order valence-electron chi connectivity index (χ4n) is 2.51. The predicted octanol–water partition coefficient (Wildman–Crippen LogP) is 2.44. The quantitative estimate of drug-likeness (QED) is 0.847. The molecule has 1 heterocycles. The van der Waals surface area contributed by atoms with Crippen molar-refractivity contribution in [3.8, 4) is 6.07 Å². The Balaban J connectivity index is 2.39. The summed E-state index contributed by atoms with van der Waals surface area (Å²) in [6.45, 7) is 4.40. The maximum Gasteiger partial charge on any atom is 0.224 e. The Hall–Kier alpha value is -2.12. The van der Waals surface area contributed by atoms with Gasteiger partial charge in [-0.15, -0.1) is 0 Å². The average molecular weight is 270 g/mol. The fraction of sp³-hybridized carbons (Fsp3) is 0.375. The molecule has 0 aromatic heterocycles. The van der Waals surface area contributed by atoms with Crippen LogP contribution in [0.4, 0.5) is 0 Å². The van der Waals surface area contributed by atoms with Crippen LogP contribution in [0, 0.1) is 11.3 Å². The number of rotatable bonds is 3. The lowest BCUT2D eigenvalue weighted by molar-refractivity contribution is -0.129. The number of benzene rings is 1. The monoisotopic (exact) mass is 270 g/mol. The normalized spacial score (nSPS) is 22.1. The van der Waals surface area contributed by atoms with Gasteiger partial charge in [0, 0.05) is 19.4 Å². The Morgan fingerprint density at radius 2 is 2.15 bits per heavy atom. The minimum absolute atomic E-state index is 0.00130. The maximum atomic E-state index is 11.6. The standard InChI is InChI=1S/C16H18N2O2/c1-3-20-16-11-18(12(2)19)14(10-17)9-15(16)13-7-5-4-6-8-13/h4-9,15-16H,3,11H2,1-2H3. The third-order valence-electron chi connectivity index (χ3n) is 3.45. The Bertz CT molecular complexity index is 545. The van der Waals surface area contributed by atoms with Gasteiger partial charge >= 0.3 is 0 Å². The zero-order valence-electron chi connectivity index (χ0n) is 11.7. The number of nitriles is 1. The summed E-state index contributed by atoms with van der Waals surface area (Å²) in [5.74, 6) is -0.129. The molecule has 2 atom stereocenters. The number of hydrogen-bond donors (Lipinski definition) is 0. The molecule has 1 aromatic rings. The third-order valence-corrected chi connectivity index (χ3v) is 3.45. The minimum atomic E-state index is -0.131. The van der Waals surface area contributed by atoms with Crippen LogP contribution in [0.15, 0.2) is 42.1 Å². The van der Waals surface area contributed by atoms with E-state index in [1.165, 1.54) is 11.8 Å². The van der Waals surface area contributed by atoms with Crippen LogP contribution in [0.5, 0.6) is 0 Å². The van der Waals surface area contributed by atoms with E-state index in [2.05, 4.69) is 6.07 Å². The highest BCUT2D eigenvalue weighted by molar-refractivity contribution is 5.76. The summed E-state index contributed by atoms with van der Waals surface area (Å²) < 4.78 is 5.78. The molecule has 0 aliphatic carbocycles. The van der Waals surface area contributed by atoms with Crippen LogP contribution >= 0.6 is 0 Å². The molecule has 1 aromatic carbocycles. The molecule has 4 nitrogen and oxygen atoms in total. The van der Waals surface area contributed by atoms with Gasteiger partial charge < -0.3 is 9.64 Å². The van der Waals surface area contributed by atoms with Gasteiger partial charge in [0.15, 0.2) is 0 Å². The van der Waals surface area contributed by atoms with Crippen LogP contribution in [0.3, 0.4) is 0 Å². The second kappa shape index (κ2) is 6.36. The van der Waals surface area contributed by atoms with E-state index in [0.29, 0.717) is 18.8 Å². The van der Waals surface area contributed by atoms with Gasteiger partial charge in [0.05, 0.1) is 12.6 Å². The van der Waals surface area contributed by atoms with E-state index >= 15 is 0 Å². The number of allylic oxidation sites excluding steroid dienone is 1. The molecule has 0 fully saturated rings. The van der Waals surface area contributed by atoms with Crippen molar-refractivity contribution in [2.24, 2.45) is 0 Å². The van der Waals surface area contributed by atoms with Gasteiger partial charge in [-0.3, -0.25) is 4.79 Å². The van der Waals surface area contributed by atoms with E-state index in [4.69, 9.17) is 4.74 Å². The fourth-order valence-corrected chi connectivity index (χ4v) is 2.51. The Labute approximate surface area is 119 Å². The molecule has 0 spiro atoms. The van der Waals surface area contributed by atoms with Gasteiger partial charge in [-0.2, -0.15) is 5.26 Å². The van der Waals surface area contributed by atoms with Crippen molar-refractivity contribution in [2.45, 2.75) is 25.9 Å². The number of amides is 1. The molecule has 2 rings (SSSR count).